The fourth-order valence-electron chi connectivity index (χ4n) is 4.21. The zero-order valence-electron chi connectivity index (χ0n) is 20.4. The van der Waals surface area contributed by atoms with Crippen LogP contribution < -0.4 is 0 Å². The molecule has 182 valence electrons. The lowest BCUT2D eigenvalue weighted by molar-refractivity contribution is 0.248. The van der Waals surface area contributed by atoms with E-state index in [-0.39, 0.29) is 0 Å². The van der Waals surface area contributed by atoms with Crippen molar-refractivity contribution in [1.82, 2.24) is 0 Å². The Labute approximate surface area is 190 Å². The molecule has 0 rings (SSSR count). The minimum atomic E-state index is -2.15. The lowest BCUT2D eigenvalue weighted by Crippen LogP contribution is -1.89. The third-order valence-corrected chi connectivity index (χ3v) is 6.62. The summed E-state index contributed by atoms with van der Waals surface area (Å²) in [5.74, 6) is 0. The van der Waals surface area contributed by atoms with Gasteiger partial charge >= 0.3 is 8.60 Å². The van der Waals surface area contributed by atoms with E-state index in [1.165, 1.54) is 141 Å². The van der Waals surface area contributed by atoms with E-state index >= 15 is 0 Å². The summed E-state index contributed by atoms with van der Waals surface area (Å²) in [5, 5.41) is 0. The van der Waals surface area contributed by atoms with Gasteiger partial charge in [0.05, 0.1) is 6.61 Å². The summed E-state index contributed by atoms with van der Waals surface area (Å²) in [7, 11) is -2.15. The van der Waals surface area contributed by atoms with Crippen LogP contribution in [-0.2, 0) is 4.52 Å². The number of hydrogen-bond donors (Lipinski definition) is 2. The van der Waals surface area contributed by atoms with Crippen LogP contribution in [0.15, 0.2) is 0 Å². The van der Waals surface area contributed by atoms with Crippen molar-refractivity contribution in [3.05, 3.63) is 0 Å². The van der Waals surface area contributed by atoms with E-state index in [0.29, 0.717) is 6.61 Å². The van der Waals surface area contributed by atoms with Crippen molar-refractivity contribution in [2.45, 2.75) is 161 Å². The van der Waals surface area contributed by atoms with Gasteiger partial charge in [-0.3, -0.25) is 0 Å². The number of unbranched alkanes of at least 4 members (excludes halogenated alkanes) is 23. The van der Waals surface area contributed by atoms with Crippen molar-refractivity contribution in [3.8, 4) is 0 Å². The van der Waals surface area contributed by atoms with Gasteiger partial charge in [-0.2, -0.15) is 0 Å². The second kappa shape index (κ2) is 27.3. The van der Waals surface area contributed by atoms with Crippen LogP contribution in [0.5, 0.6) is 0 Å². The molecule has 0 aliphatic carbocycles. The Morgan fingerprint density at radius 1 is 0.400 bits per heavy atom. The molecule has 0 aromatic carbocycles. The molecule has 0 saturated heterocycles. The third kappa shape index (κ3) is 28.3. The summed E-state index contributed by atoms with van der Waals surface area (Å²) in [6.07, 6.45) is 33.4. The Bertz CT molecular complexity index is 300. The zero-order chi connectivity index (χ0) is 22.0. The third-order valence-electron chi connectivity index (χ3n) is 6.20. The van der Waals surface area contributed by atoms with E-state index in [2.05, 4.69) is 6.92 Å². The van der Waals surface area contributed by atoms with Crippen molar-refractivity contribution in [1.29, 1.82) is 0 Å². The van der Waals surface area contributed by atoms with Gasteiger partial charge in [-0.15, -0.1) is 0 Å². The molecule has 2 N–H and O–H groups in total. The molecule has 0 fully saturated rings. The van der Waals surface area contributed by atoms with Gasteiger partial charge in [0.1, 0.15) is 0 Å². The fourth-order valence-corrected chi connectivity index (χ4v) is 4.50. The molecule has 0 spiro atoms. The van der Waals surface area contributed by atoms with Crippen molar-refractivity contribution in [3.63, 3.8) is 0 Å². The van der Waals surface area contributed by atoms with Crippen LogP contribution in [0, 0.1) is 0 Å². The normalized spacial score (nSPS) is 11.6. The van der Waals surface area contributed by atoms with Crippen molar-refractivity contribution >= 4 is 8.60 Å². The van der Waals surface area contributed by atoms with Gasteiger partial charge in [0.2, 0.25) is 0 Å². The van der Waals surface area contributed by atoms with E-state index in [0.717, 1.165) is 12.8 Å². The molecule has 0 aliphatic rings. The van der Waals surface area contributed by atoms with Crippen molar-refractivity contribution in [2.75, 3.05) is 6.61 Å². The Morgan fingerprint density at radius 3 is 0.867 bits per heavy atom. The molecule has 0 heterocycles. The maximum Gasteiger partial charge on any atom is 0.327 e. The molecule has 0 atom stereocenters. The van der Waals surface area contributed by atoms with E-state index in [9.17, 15) is 0 Å². The molecule has 0 aromatic rings. The lowest BCUT2D eigenvalue weighted by atomic mass is 10.0. The first kappa shape index (κ1) is 30.3. The van der Waals surface area contributed by atoms with Crippen LogP contribution in [0.4, 0.5) is 0 Å². The topological polar surface area (TPSA) is 49.7 Å². The largest absolute Gasteiger partial charge is 0.328 e. The molecule has 4 heteroatoms. The van der Waals surface area contributed by atoms with Gasteiger partial charge in [-0.25, -0.2) is 0 Å². The second-order valence-corrected chi connectivity index (χ2v) is 9.98. The van der Waals surface area contributed by atoms with Gasteiger partial charge < -0.3 is 14.3 Å². The highest BCUT2D eigenvalue weighted by Gasteiger charge is 1.98. The Hall–Kier alpha value is 0.310. The van der Waals surface area contributed by atoms with Gasteiger partial charge in [-0.05, 0) is 6.42 Å². The fraction of sp³-hybridized carbons (Fsp3) is 1.00. The maximum atomic E-state index is 8.63. The Kier molecular flexibility index (Phi) is 27.6. The minimum Gasteiger partial charge on any atom is -0.328 e. The van der Waals surface area contributed by atoms with Crippen LogP contribution in [0.25, 0.3) is 0 Å². The molecule has 0 amide bonds. The molecular weight excluding hydrogens is 391 g/mol. The first-order chi connectivity index (χ1) is 14.8. The molecule has 0 aliphatic heterocycles. The average molecular weight is 447 g/mol. The van der Waals surface area contributed by atoms with Crippen LogP contribution in [-0.4, -0.2) is 16.4 Å². The summed E-state index contributed by atoms with van der Waals surface area (Å²) in [6, 6.07) is 0. The Morgan fingerprint density at radius 2 is 0.633 bits per heavy atom. The Balaban J connectivity index is 2.99. The highest BCUT2D eigenvalue weighted by molar-refractivity contribution is 7.39. The smallest absolute Gasteiger partial charge is 0.327 e. The van der Waals surface area contributed by atoms with E-state index < -0.39 is 8.60 Å². The molecule has 0 radical (unpaired) electrons. The quantitative estimate of drug-likeness (QED) is 0.103. The van der Waals surface area contributed by atoms with E-state index in [1.807, 2.05) is 0 Å². The number of rotatable bonds is 26. The first-order valence-electron chi connectivity index (χ1n) is 13.6. The van der Waals surface area contributed by atoms with Crippen LogP contribution in [0.1, 0.15) is 161 Å². The summed E-state index contributed by atoms with van der Waals surface area (Å²) in [5.41, 5.74) is 0. The van der Waals surface area contributed by atoms with Crippen LogP contribution in [0.2, 0.25) is 0 Å². The summed E-state index contributed by atoms with van der Waals surface area (Å²) >= 11 is 0. The van der Waals surface area contributed by atoms with Gasteiger partial charge in [-0.1, -0.05) is 155 Å². The molecule has 0 unspecified atom stereocenters. The number of hydrogen-bond acceptors (Lipinski definition) is 3. The molecular formula is C26H55O3P. The highest BCUT2D eigenvalue weighted by Crippen LogP contribution is 2.24. The standard InChI is InChI=1S/C26H55O3P/c1-2-3-4-5-6-7-8-9-10-11-12-13-14-15-16-17-18-19-20-21-22-23-24-25-26-29-30(27)28/h27-28H,2-26H2,1H3. The molecule has 30 heavy (non-hydrogen) atoms. The summed E-state index contributed by atoms with van der Waals surface area (Å²) < 4.78 is 4.77. The summed E-state index contributed by atoms with van der Waals surface area (Å²) in [4.78, 5) is 17.3. The maximum absolute atomic E-state index is 8.63. The molecule has 3 nitrogen and oxygen atoms in total. The van der Waals surface area contributed by atoms with Crippen molar-refractivity contribution < 1.29 is 14.3 Å². The molecule has 0 saturated carbocycles. The van der Waals surface area contributed by atoms with Gasteiger partial charge in [0.15, 0.2) is 0 Å². The van der Waals surface area contributed by atoms with Crippen molar-refractivity contribution in [2.24, 2.45) is 0 Å². The van der Waals surface area contributed by atoms with Crippen LogP contribution >= 0.6 is 8.60 Å². The molecule has 0 aromatic heterocycles. The average Bonchev–Trinajstić information content (AvgIpc) is 2.73. The lowest BCUT2D eigenvalue weighted by Gasteiger charge is -2.05. The van der Waals surface area contributed by atoms with Crippen LogP contribution in [0.3, 0.4) is 0 Å². The van der Waals surface area contributed by atoms with E-state index in [4.69, 9.17) is 14.3 Å². The van der Waals surface area contributed by atoms with Gasteiger partial charge in [0, 0.05) is 0 Å². The van der Waals surface area contributed by atoms with E-state index in [1.54, 1.807) is 0 Å². The van der Waals surface area contributed by atoms with Gasteiger partial charge in [0.25, 0.3) is 0 Å². The SMILES string of the molecule is CCCCCCCCCCCCCCCCCCCCCCCCCCOP(O)O. The molecule has 0 bridgehead atoms. The zero-order valence-corrected chi connectivity index (χ0v) is 21.3. The predicted molar refractivity (Wildman–Crippen MR) is 134 cm³/mol. The predicted octanol–water partition coefficient (Wildman–Crippen LogP) is 9.60. The monoisotopic (exact) mass is 446 g/mol. The summed E-state index contributed by atoms with van der Waals surface area (Å²) in [6.45, 7) is 2.78. The minimum absolute atomic E-state index is 0.484. The first-order valence-corrected chi connectivity index (χ1v) is 14.7. The highest BCUT2D eigenvalue weighted by atomic mass is 31.2. The second-order valence-electron chi connectivity index (χ2n) is 9.22.